The van der Waals surface area contributed by atoms with Crippen LogP contribution in [0.3, 0.4) is 0 Å². The summed E-state index contributed by atoms with van der Waals surface area (Å²) in [4.78, 5) is 28.0. The van der Waals surface area contributed by atoms with Crippen LogP contribution < -0.4 is 5.32 Å². The Labute approximate surface area is 142 Å². The molecular formula is C16H15IN2O3. The Balaban J connectivity index is 2.19. The molecule has 114 valence electrons. The van der Waals surface area contributed by atoms with Crippen molar-refractivity contribution in [3.8, 4) is 0 Å². The van der Waals surface area contributed by atoms with E-state index < -0.39 is 5.97 Å². The Morgan fingerprint density at radius 1 is 1.23 bits per heavy atom. The number of aryl methyl sites for hydroxylation is 1. The average Bonchev–Trinajstić information content (AvgIpc) is 2.50. The van der Waals surface area contributed by atoms with Crippen molar-refractivity contribution in [1.82, 2.24) is 4.98 Å². The zero-order valence-corrected chi connectivity index (χ0v) is 14.4. The van der Waals surface area contributed by atoms with E-state index in [4.69, 9.17) is 4.74 Å². The van der Waals surface area contributed by atoms with Crippen molar-refractivity contribution in [3.05, 3.63) is 56.9 Å². The van der Waals surface area contributed by atoms with E-state index >= 15 is 0 Å². The van der Waals surface area contributed by atoms with Gasteiger partial charge in [-0.1, -0.05) is 6.07 Å². The van der Waals surface area contributed by atoms with Crippen LogP contribution in [0.15, 0.2) is 36.4 Å². The smallest absolute Gasteiger partial charge is 0.356 e. The van der Waals surface area contributed by atoms with Crippen LogP contribution in [0.25, 0.3) is 0 Å². The summed E-state index contributed by atoms with van der Waals surface area (Å²) < 4.78 is 5.97. The first-order chi connectivity index (χ1) is 10.5. The Hall–Kier alpha value is -1.96. The standard InChI is InChI=1S/C16H15IN2O3/c1-3-22-16(21)14-6-4-5-13(18-14)15(20)19-12-8-7-11(17)9-10(12)2/h4-9H,3H2,1-2H3,(H,19,20). The van der Waals surface area contributed by atoms with Crippen LogP contribution in [0.5, 0.6) is 0 Å². The number of esters is 1. The highest BCUT2D eigenvalue weighted by molar-refractivity contribution is 14.1. The third-order valence-electron chi connectivity index (χ3n) is 2.90. The summed E-state index contributed by atoms with van der Waals surface area (Å²) >= 11 is 2.21. The van der Waals surface area contributed by atoms with Crippen molar-refractivity contribution < 1.29 is 14.3 Å². The highest BCUT2D eigenvalue weighted by atomic mass is 127. The predicted molar refractivity (Wildman–Crippen MR) is 92.0 cm³/mol. The van der Waals surface area contributed by atoms with Gasteiger partial charge in [0.15, 0.2) is 0 Å². The zero-order chi connectivity index (χ0) is 16.1. The number of ether oxygens (including phenoxy) is 1. The van der Waals surface area contributed by atoms with Gasteiger partial charge in [0.05, 0.1) is 6.61 Å². The number of halogens is 1. The van der Waals surface area contributed by atoms with E-state index in [2.05, 4.69) is 32.9 Å². The minimum atomic E-state index is -0.539. The number of carbonyl (C=O) groups excluding carboxylic acids is 2. The van der Waals surface area contributed by atoms with Gasteiger partial charge in [-0.2, -0.15) is 0 Å². The fourth-order valence-electron chi connectivity index (χ4n) is 1.83. The summed E-state index contributed by atoms with van der Waals surface area (Å²) in [6.07, 6.45) is 0. The normalized spacial score (nSPS) is 10.1. The number of hydrogen-bond donors (Lipinski definition) is 1. The Morgan fingerprint density at radius 3 is 2.64 bits per heavy atom. The van der Waals surface area contributed by atoms with Gasteiger partial charge in [0.1, 0.15) is 11.4 Å². The topological polar surface area (TPSA) is 68.3 Å². The number of carbonyl (C=O) groups is 2. The molecule has 2 rings (SSSR count). The van der Waals surface area contributed by atoms with Gasteiger partial charge in [0.2, 0.25) is 0 Å². The molecule has 0 unspecified atom stereocenters. The van der Waals surface area contributed by atoms with Crippen molar-refractivity contribution >= 4 is 40.2 Å². The van der Waals surface area contributed by atoms with Crippen LogP contribution in [-0.4, -0.2) is 23.5 Å². The van der Waals surface area contributed by atoms with Crippen LogP contribution in [0.2, 0.25) is 0 Å². The number of rotatable bonds is 4. The number of pyridine rings is 1. The molecule has 1 aromatic heterocycles. The maximum atomic E-state index is 12.3. The first-order valence-corrected chi connectivity index (χ1v) is 7.81. The number of nitrogens with zero attached hydrogens (tertiary/aromatic N) is 1. The van der Waals surface area contributed by atoms with Gasteiger partial charge in [-0.05, 0) is 72.3 Å². The molecule has 6 heteroatoms. The lowest BCUT2D eigenvalue weighted by molar-refractivity contribution is 0.0519. The number of hydrogen-bond acceptors (Lipinski definition) is 4. The largest absolute Gasteiger partial charge is 0.461 e. The Bertz CT molecular complexity index is 716. The summed E-state index contributed by atoms with van der Waals surface area (Å²) in [6.45, 7) is 3.90. The van der Waals surface area contributed by atoms with E-state index in [1.165, 1.54) is 6.07 Å². The molecular weight excluding hydrogens is 395 g/mol. The molecule has 0 saturated heterocycles. The van der Waals surface area contributed by atoms with E-state index in [1.807, 2.05) is 25.1 Å². The maximum Gasteiger partial charge on any atom is 0.356 e. The molecule has 0 aliphatic heterocycles. The Kier molecular flexibility index (Phi) is 5.48. The predicted octanol–water partition coefficient (Wildman–Crippen LogP) is 3.42. The van der Waals surface area contributed by atoms with Crippen LogP contribution >= 0.6 is 22.6 Å². The lowest BCUT2D eigenvalue weighted by atomic mass is 10.2. The van der Waals surface area contributed by atoms with Crippen LogP contribution in [0, 0.1) is 10.5 Å². The number of nitrogens with one attached hydrogen (secondary N) is 1. The van der Waals surface area contributed by atoms with E-state index in [9.17, 15) is 9.59 Å². The van der Waals surface area contributed by atoms with Crippen LogP contribution in [0.1, 0.15) is 33.5 Å². The molecule has 0 aliphatic carbocycles. The molecule has 5 nitrogen and oxygen atoms in total. The molecule has 0 atom stereocenters. The molecule has 0 radical (unpaired) electrons. The molecule has 0 saturated carbocycles. The molecule has 1 amide bonds. The lowest BCUT2D eigenvalue weighted by Gasteiger charge is -2.09. The van der Waals surface area contributed by atoms with Crippen molar-refractivity contribution in [2.45, 2.75) is 13.8 Å². The quantitative estimate of drug-likeness (QED) is 0.620. The molecule has 1 N–H and O–H groups in total. The number of benzene rings is 1. The Morgan fingerprint density at radius 2 is 1.95 bits per heavy atom. The van der Waals surface area contributed by atoms with E-state index in [0.29, 0.717) is 5.69 Å². The minimum absolute atomic E-state index is 0.119. The summed E-state index contributed by atoms with van der Waals surface area (Å²) in [5.41, 5.74) is 1.97. The zero-order valence-electron chi connectivity index (χ0n) is 12.2. The molecule has 2 aromatic rings. The van der Waals surface area contributed by atoms with Crippen LogP contribution in [-0.2, 0) is 4.74 Å². The van der Waals surface area contributed by atoms with Gasteiger partial charge in [-0.25, -0.2) is 9.78 Å². The van der Waals surface area contributed by atoms with Crippen LogP contribution in [0.4, 0.5) is 5.69 Å². The fraction of sp³-hybridized carbons (Fsp3) is 0.188. The summed E-state index contributed by atoms with van der Waals surface area (Å²) in [6, 6.07) is 10.4. The number of amides is 1. The highest BCUT2D eigenvalue weighted by Crippen LogP contribution is 2.18. The minimum Gasteiger partial charge on any atom is -0.461 e. The molecule has 22 heavy (non-hydrogen) atoms. The lowest BCUT2D eigenvalue weighted by Crippen LogP contribution is -2.17. The van der Waals surface area contributed by atoms with Gasteiger partial charge in [-0.15, -0.1) is 0 Å². The second kappa shape index (κ2) is 7.35. The van der Waals surface area contributed by atoms with Crippen molar-refractivity contribution in [1.29, 1.82) is 0 Å². The molecule has 0 spiro atoms. The molecule has 0 fully saturated rings. The monoisotopic (exact) mass is 410 g/mol. The first kappa shape index (κ1) is 16.4. The molecule has 0 bridgehead atoms. The molecule has 1 aromatic carbocycles. The number of anilines is 1. The van der Waals surface area contributed by atoms with E-state index in [-0.39, 0.29) is 23.9 Å². The van der Waals surface area contributed by atoms with Gasteiger partial charge in [0, 0.05) is 9.26 Å². The summed E-state index contributed by atoms with van der Waals surface area (Å²) in [5.74, 6) is -0.905. The summed E-state index contributed by atoms with van der Waals surface area (Å²) in [5, 5.41) is 2.79. The fourth-order valence-corrected chi connectivity index (χ4v) is 2.48. The third-order valence-corrected chi connectivity index (χ3v) is 3.57. The maximum absolute atomic E-state index is 12.3. The number of aromatic nitrogens is 1. The molecule has 0 aliphatic rings. The van der Waals surface area contributed by atoms with Crippen molar-refractivity contribution in [3.63, 3.8) is 0 Å². The van der Waals surface area contributed by atoms with E-state index in [1.54, 1.807) is 19.1 Å². The molecule has 1 heterocycles. The first-order valence-electron chi connectivity index (χ1n) is 6.73. The van der Waals surface area contributed by atoms with Gasteiger partial charge in [0.25, 0.3) is 5.91 Å². The second-order valence-electron chi connectivity index (χ2n) is 4.54. The van der Waals surface area contributed by atoms with Gasteiger partial charge >= 0.3 is 5.97 Å². The van der Waals surface area contributed by atoms with Gasteiger partial charge in [-0.3, -0.25) is 4.79 Å². The average molecular weight is 410 g/mol. The SMILES string of the molecule is CCOC(=O)c1cccc(C(=O)Nc2ccc(I)cc2C)n1. The van der Waals surface area contributed by atoms with Crippen molar-refractivity contribution in [2.24, 2.45) is 0 Å². The highest BCUT2D eigenvalue weighted by Gasteiger charge is 2.13. The van der Waals surface area contributed by atoms with E-state index in [0.717, 1.165) is 9.13 Å². The third kappa shape index (κ3) is 4.03. The van der Waals surface area contributed by atoms with Gasteiger partial charge < -0.3 is 10.1 Å². The second-order valence-corrected chi connectivity index (χ2v) is 5.79. The van der Waals surface area contributed by atoms with Crippen molar-refractivity contribution in [2.75, 3.05) is 11.9 Å². The summed E-state index contributed by atoms with van der Waals surface area (Å²) in [7, 11) is 0.